The number of nitrogens with one attached hydrogen (secondary N) is 1. The molecule has 0 fully saturated rings. The minimum atomic E-state index is -1.30. The summed E-state index contributed by atoms with van der Waals surface area (Å²) in [5.41, 5.74) is -0.950. The van der Waals surface area contributed by atoms with Gasteiger partial charge in [-0.1, -0.05) is 12.1 Å². The van der Waals surface area contributed by atoms with Crippen molar-refractivity contribution in [1.29, 1.82) is 0 Å². The Kier molecular flexibility index (Phi) is 2.24. The van der Waals surface area contributed by atoms with Crippen LogP contribution in [0.4, 0.5) is 0 Å². The second-order valence-corrected chi connectivity index (χ2v) is 3.10. The first kappa shape index (κ1) is 10.0. The molecule has 0 saturated heterocycles. The van der Waals surface area contributed by atoms with E-state index >= 15 is 0 Å². The number of carboxylic acids is 1. The first-order chi connectivity index (χ1) is 7.59. The number of rotatable bonds is 2. The Hall–Kier alpha value is -2.50. The first-order valence-corrected chi connectivity index (χ1v) is 4.34. The summed E-state index contributed by atoms with van der Waals surface area (Å²) in [6.45, 7) is 0. The Bertz CT molecular complexity index is 595. The molecule has 0 aliphatic rings. The van der Waals surface area contributed by atoms with Crippen LogP contribution in [-0.4, -0.2) is 21.3 Å². The molecule has 0 radical (unpaired) electrons. The van der Waals surface area contributed by atoms with Crippen LogP contribution in [-0.2, 0) is 0 Å². The number of phenols is 1. The second-order valence-electron chi connectivity index (χ2n) is 3.10. The number of hydrogen-bond donors (Lipinski definition) is 3. The molecule has 0 amide bonds. The molecule has 0 aliphatic heterocycles. The van der Waals surface area contributed by atoms with Gasteiger partial charge in [0.2, 0.25) is 0 Å². The quantitative estimate of drug-likeness (QED) is 0.702. The predicted octanol–water partition coefficient (Wildman–Crippen LogP) is 1.04. The van der Waals surface area contributed by atoms with Gasteiger partial charge in [-0.2, -0.15) is 0 Å². The van der Waals surface area contributed by atoms with E-state index < -0.39 is 11.6 Å². The molecule has 0 unspecified atom stereocenters. The van der Waals surface area contributed by atoms with E-state index in [0.717, 1.165) is 0 Å². The average Bonchev–Trinajstić information content (AvgIpc) is 2.60. The zero-order chi connectivity index (χ0) is 11.7. The van der Waals surface area contributed by atoms with E-state index in [2.05, 4.69) is 4.52 Å². The van der Waals surface area contributed by atoms with Gasteiger partial charge in [0.1, 0.15) is 11.3 Å². The van der Waals surface area contributed by atoms with Crippen LogP contribution in [0.3, 0.4) is 0 Å². The topological polar surface area (TPSA) is 104 Å². The zero-order valence-corrected chi connectivity index (χ0v) is 7.93. The van der Waals surface area contributed by atoms with Crippen molar-refractivity contribution in [3.05, 3.63) is 40.4 Å². The molecule has 82 valence electrons. The van der Waals surface area contributed by atoms with E-state index in [1.165, 1.54) is 24.3 Å². The van der Waals surface area contributed by atoms with Crippen LogP contribution in [0.1, 0.15) is 10.5 Å². The number of benzene rings is 1. The zero-order valence-electron chi connectivity index (χ0n) is 7.93. The molecule has 3 N–H and O–H groups in total. The van der Waals surface area contributed by atoms with E-state index in [-0.39, 0.29) is 22.6 Å². The first-order valence-electron chi connectivity index (χ1n) is 4.34. The van der Waals surface area contributed by atoms with Crippen LogP contribution in [0.25, 0.3) is 11.1 Å². The van der Waals surface area contributed by atoms with Crippen molar-refractivity contribution in [3.63, 3.8) is 0 Å². The number of aromatic carboxylic acids is 1. The number of aromatic nitrogens is 1. The monoisotopic (exact) mass is 221 g/mol. The number of hydrogen-bond acceptors (Lipinski definition) is 4. The smallest absolute Gasteiger partial charge is 0.365 e. The SMILES string of the molecule is O=C(O)c1[nH]oc(=O)c1-c1cccc(O)c1. The Morgan fingerprint density at radius 3 is 2.75 bits per heavy atom. The molecule has 0 spiro atoms. The molecule has 2 aromatic rings. The molecule has 6 heteroatoms. The summed E-state index contributed by atoms with van der Waals surface area (Å²) in [4.78, 5) is 22.1. The molecule has 2 rings (SSSR count). The van der Waals surface area contributed by atoms with E-state index in [0.29, 0.717) is 0 Å². The maximum Gasteiger partial charge on any atom is 0.365 e. The largest absolute Gasteiger partial charge is 0.508 e. The number of phenolic OH excluding ortho intramolecular Hbond substituents is 1. The summed E-state index contributed by atoms with van der Waals surface area (Å²) in [7, 11) is 0. The van der Waals surface area contributed by atoms with Crippen LogP contribution in [0.5, 0.6) is 5.75 Å². The maximum atomic E-state index is 11.3. The average molecular weight is 221 g/mol. The van der Waals surface area contributed by atoms with Gasteiger partial charge in [0.15, 0.2) is 5.69 Å². The number of H-pyrrole nitrogens is 1. The number of carboxylic acid groups (broad SMARTS) is 1. The van der Waals surface area contributed by atoms with Crippen LogP contribution in [0.15, 0.2) is 33.6 Å². The lowest BCUT2D eigenvalue weighted by atomic mass is 10.1. The van der Waals surface area contributed by atoms with Crippen molar-refractivity contribution in [3.8, 4) is 16.9 Å². The third kappa shape index (κ3) is 1.56. The minimum absolute atomic E-state index is 0.0607. The molecule has 0 atom stereocenters. The highest BCUT2D eigenvalue weighted by molar-refractivity contribution is 5.93. The third-order valence-corrected chi connectivity index (χ3v) is 2.05. The molecule has 1 aromatic carbocycles. The van der Waals surface area contributed by atoms with Gasteiger partial charge in [0.25, 0.3) is 0 Å². The molecule has 6 nitrogen and oxygen atoms in total. The van der Waals surface area contributed by atoms with Crippen molar-refractivity contribution in [1.82, 2.24) is 5.16 Å². The molecule has 0 bridgehead atoms. The molecule has 0 saturated carbocycles. The number of aromatic amines is 1. The summed E-state index contributed by atoms with van der Waals surface area (Å²) < 4.78 is 4.41. The third-order valence-electron chi connectivity index (χ3n) is 2.05. The van der Waals surface area contributed by atoms with Crippen LogP contribution >= 0.6 is 0 Å². The van der Waals surface area contributed by atoms with Crippen molar-refractivity contribution >= 4 is 5.97 Å². The van der Waals surface area contributed by atoms with Crippen LogP contribution in [0, 0.1) is 0 Å². The van der Waals surface area contributed by atoms with Crippen molar-refractivity contribution in [2.75, 3.05) is 0 Å². The second kappa shape index (κ2) is 3.58. The van der Waals surface area contributed by atoms with Crippen molar-refractivity contribution < 1.29 is 19.5 Å². The summed E-state index contributed by atoms with van der Waals surface area (Å²) in [6.07, 6.45) is 0. The Morgan fingerprint density at radius 1 is 1.38 bits per heavy atom. The molecule has 1 aromatic heterocycles. The molecule has 16 heavy (non-hydrogen) atoms. The molecule has 0 aliphatic carbocycles. The van der Waals surface area contributed by atoms with Gasteiger partial charge in [-0.3, -0.25) is 0 Å². The predicted molar refractivity (Wildman–Crippen MR) is 53.4 cm³/mol. The van der Waals surface area contributed by atoms with Crippen molar-refractivity contribution in [2.45, 2.75) is 0 Å². The highest BCUT2D eigenvalue weighted by Crippen LogP contribution is 2.22. The van der Waals surface area contributed by atoms with Gasteiger partial charge in [0, 0.05) is 0 Å². The van der Waals surface area contributed by atoms with Gasteiger partial charge in [0.05, 0.1) is 0 Å². The van der Waals surface area contributed by atoms with E-state index in [1.807, 2.05) is 5.16 Å². The van der Waals surface area contributed by atoms with Gasteiger partial charge >= 0.3 is 11.6 Å². The Balaban J connectivity index is 2.68. The summed E-state index contributed by atoms with van der Waals surface area (Å²) in [5.74, 6) is -1.36. The van der Waals surface area contributed by atoms with Gasteiger partial charge in [-0.05, 0) is 17.7 Å². The van der Waals surface area contributed by atoms with Crippen LogP contribution < -0.4 is 5.63 Å². The van der Waals surface area contributed by atoms with E-state index in [4.69, 9.17) is 5.11 Å². The fourth-order valence-corrected chi connectivity index (χ4v) is 1.38. The highest BCUT2D eigenvalue weighted by Gasteiger charge is 2.19. The molecular weight excluding hydrogens is 214 g/mol. The lowest BCUT2D eigenvalue weighted by Gasteiger charge is -1.98. The number of carbonyl (C=O) groups is 1. The Labute approximate surface area is 88.7 Å². The lowest BCUT2D eigenvalue weighted by molar-refractivity contribution is 0.0686. The van der Waals surface area contributed by atoms with Gasteiger partial charge in [-0.15, -0.1) is 0 Å². The van der Waals surface area contributed by atoms with Gasteiger partial charge in [-0.25, -0.2) is 14.7 Å². The number of aromatic hydroxyl groups is 1. The normalized spacial score (nSPS) is 10.2. The van der Waals surface area contributed by atoms with E-state index in [9.17, 15) is 14.7 Å². The molecule has 1 heterocycles. The molecular formula is C10H7NO5. The van der Waals surface area contributed by atoms with Gasteiger partial charge < -0.3 is 14.7 Å². The maximum absolute atomic E-state index is 11.3. The van der Waals surface area contributed by atoms with Crippen LogP contribution in [0.2, 0.25) is 0 Å². The summed E-state index contributed by atoms with van der Waals surface area (Å²) >= 11 is 0. The lowest BCUT2D eigenvalue weighted by Crippen LogP contribution is -2.03. The standard InChI is InChI=1S/C10H7NO5/c12-6-3-1-2-5(4-6)7-8(9(13)14)11-16-10(7)15/h1-4,11-12H,(H,13,14). The van der Waals surface area contributed by atoms with E-state index in [1.54, 1.807) is 0 Å². The Morgan fingerprint density at radius 2 is 2.12 bits per heavy atom. The van der Waals surface area contributed by atoms with Crippen molar-refractivity contribution in [2.24, 2.45) is 0 Å². The highest BCUT2D eigenvalue weighted by atomic mass is 16.5. The minimum Gasteiger partial charge on any atom is -0.508 e. The summed E-state index contributed by atoms with van der Waals surface area (Å²) in [6, 6.07) is 5.71. The fraction of sp³-hybridized carbons (Fsp3) is 0. The summed E-state index contributed by atoms with van der Waals surface area (Å²) in [5, 5.41) is 20.1. The fourth-order valence-electron chi connectivity index (χ4n) is 1.38.